The van der Waals surface area contributed by atoms with E-state index in [2.05, 4.69) is 32.7 Å². The number of fused-ring (bicyclic) bond motifs is 2. The van der Waals surface area contributed by atoms with Crippen LogP contribution >= 0.6 is 0 Å². The minimum atomic E-state index is 0.0280. The van der Waals surface area contributed by atoms with Crippen molar-refractivity contribution in [3.8, 4) is 0 Å². The lowest BCUT2D eigenvalue weighted by Gasteiger charge is -2.24. The van der Waals surface area contributed by atoms with E-state index in [-0.39, 0.29) is 11.8 Å². The minimum Gasteiger partial charge on any atom is -0.311 e. The highest BCUT2D eigenvalue weighted by Crippen LogP contribution is 2.39. The maximum atomic E-state index is 12.0. The van der Waals surface area contributed by atoms with Crippen molar-refractivity contribution in [2.24, 2.45) is 7.05 Å². The molecule has 0 spiro atoms. The zero-order valence-corrected chi connectivity index (χ0v) is 11.8. The summed E-state index contributed by atoms with van der Waals surface area (Å²) >= 11 is 0. The number of H-pyrrole nitrogens is 1. The van der Waals surface area contributed by atoms with E-state index in [9.17, 15) is 4.79 Å². The summed E-state index contributed by atoms with van der Waals surface area (Å²) in [6.07, 6.45) is 2.24. The predicted octanol–water partition coefficient (Wildman–Crippen LogP) is 2.08. The van der Waals surface area contributed by atoms with Gasteiger partial charge in [0, 0.05) is 30.3 Å². The Bertz CT molecular complexity index is 860. The maximum Gasteiger partial charge on any atom is 0.226 e. The molecule has 1 aliphatic heterocycles. The number of aromatic amines is 1. The number of nitrogens with one attached hydrogen (secondary N) is 2. The molecule has 1 amide bonds. The van der Waals surface area contributed by atoms with Crippen LogP contribution in [0.25, 0.3) is 10.9 Å². The molecule has 1 atom stereocenters. The number of nitrogens with zero attached hydrogens (tertiary/aromatic N) is 3. The number of hydrogen-bond donors (Lipinski definition) is 2. The Kier molecular flexibility index (Phi) is 2.42. The fourth-order valence-electron chi connectivity index (χ4n) is 3.17. The van der Waals surface area contributed by atoms with Gasteiger partial charge in [-0.15, -0.1) is 0 Å². The molecule has 2 N–H and O–H groups in total. The van der Waals surface area contributed by atoms with Crippen molar-refractivity contribution in [3.05, 3.63) is 41.2 Å². The Morgan fingerprint density at radius 1 is 1.38 bits per heavy atom. The molecule has 0 saturated carbocycles. The van der Waals surface area contributed by atoms with Crippen molar-refractivity contribution in [2.45, 2.75) is 19.3 Å². The molecule has 106 valence electrons. The molecule has 3 aromatic rings. The van der Waals surface area contributed by atoms with Crippen LogP contribution in [0.2, 0.25) is 0 Å². The molecule has 0 bridgehead atoms. The Morgan fingerprint density at radius 2 is 2.24 bits per heavy atom. The number of benzene rings is 1. The lowest BCUT2D eigenvalue weighted by molar-refractivity contribution is -0.116. The molecule has 2 aromatic heterocycles. The molecular formula is C15H15N5O. The summed E-state index contributed by atoms with van der Waals surface area (Å²) in [5, 5.41) is 15.5. The van der Waals surface area contributed by atoms with Crippen LogP contribution in [0.4, 0.5) is 5.82 Å². The van der Waals surface area contributed by atoms with E-state index in [1.807, 2.05) is 20.0 Å². The van der Waals surface area contributed by atoms with Crippen molar-refractivity contribution < 1.29 is 4.79 Å². The monoisotopic (exact) mass is 281 g/mol. The Labute approximate surface area is 121 Å². The van der Waals surface area contributed by atoms with Gasteiger partial charge in [0.05, 0.1) is 17.4 Å². The average molecular weight is 281 g/mol. The maximum absolute atomic E-state index is 12.0. The third-order valence-electron chi connectivity index (χ3n) is 4.13. The molecule has 0 radical (unpaired) electrons. The standard InChI is InChI=1S/C15H15N5O/c1-8-14-11(6-13(21)17-15(14)20(2)19-8)9-3-4-10-7-16-18-12(10)5-9/h3-5,7,11H,6H2,1-2H3,(H,16,18)(H,17,21). The van der Waals surface area contributed by atoms with Crippen LogP contribution in [0.3, 0.4) is 0 Å². The van der Waals surface area contributed by atoms with Gasteiger partial charge in [-0.05, 0) is 18.6 Å². The number of aryl methyl sites for hydroxylation is 2. The Balaban J connectivity index is 1.90. The third-order valence-corrected chi connectivity index (χ3v) is 4.13. The van der Waals surface area contributed by atoms with Crippen molar-refractivity contribution in [2.75, 3.05) is 5.32 Å². The quantitative estimate of drug-likeness (QED) is 0.717. The van der Waals surface area contributed by atoms with Crippen LogP contribution in [0, 0.1) is 6.92 Å². The summed E-state index contributed by atoms with van der Waals surface area (Å²) < 4.78 is 1.74. The van der Waals surface area contributed by atoms with Crippen LogP contribution in [-0.2, 0) is 11.8 Å². The molecule has 0 fully saturated rings. The highest BCUT2D eigenvalue weighted by Gasteiger charge is 2.31. The summed E-state index contributed by atoms with van der Waals surface area (Å²) in [6.45, 7) is 1.98. The van der Waals surface area contributed by atoms with E-state index in [1.54, 1.807) is 10.9 Å². The normalized spacial score (nSPS) is 17.8. The molecule has 0 saturated heterocycles. The Hall–Kier alpha value is -2.63. The number of carbonyl (C=O) groups is 1. The van der Waals surface area contributed by atoms with Gasteiger partial charge in [0.1, 0.15) is 5.82 Å². The van der Waals surface area contributed by atoms with Gasteiger partial charge in [0.15, 0.2) is 0 Å². The first kappa shape index (κ1) is 12.1. The third kappa shape index (κ3) is 1.75. The molecule has 1 unspecified atom stereocenters. The molecule has 3 heterocycles. The van der Waals surface area contributed by atoms with Gasteiger partial charge in [0.2, 0.25) is 5.91 Å². The summed E-state index contributed by atoms with van der Waals surface area (Å²) in [5.74, 6) is 0.869. The number of anilines is 1. The summed E-state index contributed by atoms with van der Waals surface area (Å²) in [4.78, 5) is 12.0. The highest BCUT2D eigenvalue weighted by molar-refractivity contribution is 5.95. The molecular weight excluding hydrogens is 266 g/mol. The first-order valence-corrected chi connectivity index (χ1v) is 6.90. The second-order valence-corrected chi connectivity index (χ2v) is 5.49. The number of carbonyl (C=O) groups excluding carboxylic acids is 1. The van der Waals surface area contributed by atoms with Crippen LogP contribution in [-0.4, -0.2) is 25.9 Å². The van der Waals surface area contributed by atoms with Gasteiger partial charge in [0.25, 0.3) is 0 Å². The average Bonchev–Trinajstić information content (AvgIpc) is 3.03. The summed E-state index contributed by atoms with van der Waals surface area (Å²) in [5.41, 5.74) is 4.17. The van der Waals surface area contributed by atoms with Crippen LogP contribution in [0.5, 0.6) is 0 Å². The highest BCUT2D eigenvalue weighted by atomic mass is 16.1. The first-order chi connectivity index (χ1) is 10.1. The van der Waals surface area contributed by atoms with Gasteiger partial charge in [-0.3, -0.25) is 14.6 Å². The van der Waals surface area contributed by atoms with E-state index in [4.69, 9.17) is 0 Å². The van der Waals surface area contributed by atoms with Gasteiger partial charge in [-0.2, -0.15) is 10.2 Å². The molecule has 6 nitrogen and oxygen atoms in total. The lowest BCUT2D eigenvalue weighted by Crippen LogP contribution is -2.24. The van der Waals surface area contributed by atoms with Gasteiger partial charge >= 0.3 is 0 Å². The number of rotatable bonds is 1. The molecule has 0 aliphatic carbocycles. The second kappa shape index (κ2) is 4.18. The molecule has 4 rings (SSSR count). The molecule has 21 heavy (non-hydrogen) atoms. The summed E-state index contributed by atoms with van der Waals surface area (Å²) in [6, 6.07) is 6.17. The Morgan fingerprint density at radius 3 is 3.10 bits per heavy atom. The minimum absolute atomic E-state index is 0.0280. The smallest absolute Gasteiger partial charge is 0.226 e. The first-order valence-electron chi connectivity index (χ1n) is 6.90. The van der Waals surface area contributed by atoms with Crippen molar-refractivity contribution in [1.29, 1.82) is 0 Å². The van der Waals surface area contributed by atoms with E-state index < -0.39 is 0 Å². The van der Waals surface area contributed by atoms with E-state index >= 15 is 0 Å². The topological polar surface area (TPSA) is 75.6 Å². The van der Waals surface area contributed by atoms with E-state index in [0.717, 1.165) is 33.5 Å². The van der Waals surface area contributed by atoms with Gasteiger partial charge in [-0.25, -0.2) is 0 Å². The van der Waals surface area contributed by atoms with Gasteiger partial charge < -0.3 is 5.32 Å². The largest absolute Gasteiger partial charge is 0.311 e. The lowest BCUT2D eigenvalue weighted by atomic mass is 9.85. The SMILES string of the molecule is Cc1nn(C)c2c1C(c1ccc3cn[nH]c3c1)CC(=O)N2. The number of aromatic nitrogens is 4. The van der Waals surface area contributed by atoms with Crippen LogP contribution < -0.4 is 5.32 Å². The molecule has 1 aliphatic rings. The number of amides is 1. The summed E-state index contributed by atoms with van der Waals surface area (Å²) in [7, 11) is 1.85. The van der Waals surface area contributed by atoms with Crippen molar-refractivity contribution >= 4 is 22.6 Å². The molecule has 1 aromatic carbocycles. The predicted molar refractivity (Wildman–Crippen MR) is 79.1 cm³/mol. The number of hydrogen-bond acceptors (Lipinski definition) is 3. The zero-order chi connectivity index (χ0) is 14.6. The van der Waals surface area contributed by atoms with Crippen LogP contribution in [0.15, 0.2) is 24.4 Å². The van der Waals surface area contributed by atoms with Gasteiger partial charge in [-0.1, -0.05) is 12.1 Å². The van der Waals surface area contributed by atoms with E-state index in [1.165, 1.54) is 0 Å². The molecule has 6 heteroatoms. The van der Waals surface area contributed by atoms with Crippen molar-refractivity contribution in [1.82, 2.24) is 20.0 Å². The zero-order valence-electron chi connectivity index (χ0n) is 11.8. The second-order valence-electron chi connectivity index (χ2n) is 5.49. The fourth-order valence-corrected chi connectivity index (χ4v) is 3.17. The fraction of sp³-hybridized carbons (Fsp3) is 0.267. The van der Waals surface area contributed by atoms with Crippen molar-refractivity contribution in [3.63, 3.8) is 0 Å². The van der Waals surface area contributed by atoms with Crippen LogP contribution in [0.1, 0.15) is 29.2 Å². The van der Waals surface area contributed by atoms with E-state index in [0.29, 0.717) is 6.42 Å².